The molecule has 0 aliphatic heterocycles. The van der Waals surface area contributed by atoms with Gasteiger partial charge in [-0.15, -0.1) is 0 Å². The maximum Gasteiger partial charge on any atom is 0.0830 e. The summed E-state index contributed by atoms with van der Waals surface area (Å²) in [5.74, 6) is 0. The zero-order chi connectivity index (χ0) is 8.91. The van der Waals surface area contributed by atoms with Crippen molar-refractivity contribution in [1.82, 2.24) is 0 Å². The third-order valence-electron chi connectivity index (χ3n) is 1.66. The molecule has 0 saturated carbocycles. The summed E-state index contributed by atoms with van der Waals surface area (Å²) in [6.45, 7) is 8.67. The van der Waals surface area contributed by atoms with E-state index in [4.69, 9.17) is 0 Å². The topological polar surface area (TPSA) is 20.2 Å². The predicted octanol–water partition coefficient (Wildman–Crippen LogP) is 2.58. The molecule has 1 N–H and O–H groups in total. The molecule has 0 unspecified atom stereocenters. The molecule has 0 amide bonds. The molecule has 0 aromatic rings. The van der Waals surface area contributed by atoms with Crippen LogP contribution in [0, 0.1) is 0 Å². The lowest BCUT2D eigenvalue weighted by atomic mass is 10.3. The lowest BCUT2D eigenvalue weighted by molar-refractivity contribution is 0.290. The van der Waals surface area contributed by atoms with Crippen LogP contribution >= 0.6 is 0 Å². The number of hydrogen-bond donors (Lipinski definition) is 1. The SMILES string of the molecule is CCC/C=C/[C@H](O)[Si](C)(C)C. The van der Waals surface area contributed by atoms with Crippen LogP contribution < -0.4 is 0 Å². The van der Waals surface area contributed by atoms with Crippen LogP contribution in [0.3, 0.4) is 0 Å². The van der Waals surface area contributed by atoms with E-state index in [9.17, 15) is 5.11 Å². The van der Waals surface area contributed by atoms with Gasteiger partial charge >= 0.3 is 0 Å². The van der Waals surface area contributed by atoms with Crippen molar-refractivity contribution >= 4 is 8.07 Å². The van der Waals surface area contributed by atoms with Crippen LogP contribution in [-0.2, 0) is 0 Å². The number of aliphatic hydroxyl groups is 1. The second-order valence-corrected chi connectivity index (χ2v) is 9.35. The lowest BCUT2D eigenvalue weighted by Gasteiger charge is -2.20. The Morgan fingerprint density at radius 1 is 1.36 bits per heavy atom. The van der Waals surface area contributed by atoms with Crippen molar-refractivity contribution in [3.63, 3.8) is 0 Å². The maximum atomic E-state index is 9.59. The zero-order valence-corrected chi connectivity index (χ0v) is 9.09. The van der Waals surface area contributed by atoms with E-state index in [1.807, 2.05) is 6.08 Å². The van der Waals surface area contributed by atoms with E-state index in [-0.39, 0.29) is 5.73 Å². The number of hydrogen-bond acceptors (Lipinski definition) is 1. The van der Waals surface area contributed by atoms with E-state index in [0.29, 0.717) is 0 Å². The summed E-state index contributed by atoms with van der Waals surface area (Å²) in [5.41, 5.74) is -0.172. The van der Waals surface area contributed by atoms with Gasteiger partial charge in [-0.05, 0) is 6.42 Å². The average molecular weight is 172 g/mol. The van der Waals surface area contributed by atoms with Gasteiger partial charge in [0.2, 0.25) is 0 Å². The summed E-state index contributed by atoms with van der Waals surface area (Å²) in [5, 5.41) is 9.59. The fourth-order valence-electron chi connectivity index (χ4n) is 0.680. The average Bonchev–Trinajstić information content (AvgIpc) is 1.86. The predicted molar refractivity (Wildman–Crippen MR) is 53.4 cm³/mol. The van der Waals surface area contributed by atoms with Crippen molar-refractivity contribution in [3.8, 4) is 0 Å². The Morgan fingerprint density at radius 2 is 1.91 bits per heavy atom. The fourth-order valence-corrected chi connectivity index (χ4v) is 1.39. The summed E-state index contributed by atoms with van der Waals surface area (Å²) >= 11 is 0. The van der Waals surface area contributed by atoms with Crippen LogP contribution in [0.1, 0.15) is 19.8 Å². The summed E-state index contributed by atoms with van der Waals surface area (Å²) in [6.07, 6.45) is 6.29. The molecule has 0 aromatic heterocycles. The van der Waals surface area contributed by atoms with Crippen LogP contribution in [-0.4, -0.2) is 18.9 Å². The molecule has 1 atom stereocenters. The van der Waals surface area contributed by atoms with Crippen molar-refractivity contribution in [2.45, 2.75) is 45.1 Å². The summed E-state index contributed by atoms with van der Waals surface area (Å²) in [4.78, 5) is 0. The third kappa shape index (κ3) is 5.22. The minimum Gasteiger partial charge on any atom is -0.393 e. The first kappa shape index (κ1) is 10.9. The van der Waals surface area contributed by atoms with Gasteiger partial charge in [0.05, 0.1) is 13.8 Å². The highest BCUT2D eigenvalue weighted by atomic mass is 28.3. The summed E-state index contributed by atoms with van der Waals surface area (Å²) < 4.78 is 0. The number of allylic oxidation sites excluding steroid dienone is 1. The Hall–Kier alpha value is -0.0831. The molecular weight excluding hydrogens is 152 g/mol. The van der Waals surface area contributed by atoms with E-state index in [2.05, 4.69) is 32.6 Å². The first-order valence-electron chi connectivity index (χ1n) is 4.33. The molecule has 0 fully saturated rings. The molecule has 0 radical (unpaired) electrons. The van der Waals surface area contributed by atoms with Gasteiger partial charge in [-0.2, -0.15) is 0 Å². The highest BCUT2D eigenvalue weighted by Gasteiger charge is 2.21. The Balaban J connectivity index is 3.77. The Bertz CT molecular complexity index is 124. The summed E-state index contributed by atoms with van der Waals surface area (Å²) in [6, 6.07) is 0. The van der Waals surface area contributed by atoms with Crippen LogP contribution in [0.5, 0.6) is 0 Å². The molecule has 0 aliphatic rings. The molecule has 0 heterocycles. The summed E-state index contributed by atoms with van der Waals surface area (Å²) in [7, 11) is -1.34. The van der Waals surface area contributed by atoms with Gasteiger partial charge in [0.1, 0.15) is 0 Å². The standard InChI is InChI=1S/C9H20OSi/c1-5-6-7-8-9(10)11(2,3)4/h7-10H,5-6H2,1-4H3/b8-7+/t9-/m1/s1. The monoisotopic (exact) mass is 172 g/mol. The van der Waals surface area contributed by atoms with Crippen LogP contribution in [0.25, 0.3) is 0 Å². The minimum atomic E-state index is -1.34. The van der Waals surface area contributed by atoms with Gasteiger partial charge in [-0.1, -0.05) is 45.1 Å². The molecule has 11 heavy (non-hydrogen) atoms. The van der Waals surface area contributed by atoms with E-state index in [1.165, 1.54) is 0 Å². The van der Waals surface area contributed by atoms with E-state index in [1.54, 1.807) is 0 Å². The van der Waals surface area contributed by atoms with Gasteiger partial charge in [0.25, 0.3) is 0 Å². The van der Waals surface area contributed by atoms with Crippen molar-refractivity contribution in [1.29, 1.82) is 0 Å². The van der Waals surface area contributed by atoms with Gasteiger partial charge in [0, 0.05) is 0 Å². The smallest absolute Gasteiger partial charge is 0.0830 e. The van der Waals surface area contributed by atoms with Gasteiger partial charge < -0.3 is 5.11 Å². The highest BCUT2D eigenvalue weighted by Crippen LogP contribution is 2.08. The number of aliphatic hydroxyl groups excluding tert-OH is 1. The lowest BCUT2D eigenvalue weighted by Crippen LogP contribution is -2.36. The van der Waals surface area contributed by atoms with Crippen LogP contribution in [0.4, 0.5) is 0 Å². The zero-order valence-electron chi connectivity index (χ0n) is 8.09. The second kappa shape index (κ2) is 4.73. The fraction of sp³-hybridized carbons (Fsp3) is 0.778. The molecule has 0 spiro atoms. The van der Waals surface area contributed by atoms with Gasteiger partial charge in [0.15, 0.2) is 0 Å². The Labute approximate surface area is 71.1 Å². The quantitative estimate of drug-likeness (QED) is 0.510. The molecular formula is C9H20OSi. The molecule has 1 nitrogen and oxygen atoms in total. The largest absolute Gasteiger partial charge is 0.393 e. The van der Waals surface area contributed by atoms with Crippen molar-refractivity contribution < 1.29 is 5.11 Å². The molecule has 66 valence electrons. The maximum absolute atomic E-state index is 9.59. The molecule has 0 rings (SSSR count). The molecule has 0 saturated heterocycles. The first-order valence-corrected chi connectivity index (χ1v) is 7.91. The molecule has 0 aromatic carbocycles. The van der Waals surface area contributed by atoms with Crippen LogP contribution in [0.15, 0.2) is 12.2 Å². The van der Waals surface area contributed by atoms with E-state index < -0.39 is 8.07 Å². The molecule has 0 aliphatic carbocycles. The van der Waals surface area contributed by atoms with Crippen LogP contribution in [0.2, 0.25) is 19.6 Å². The first-order chi connectivity index (χ1) is 4.98. The van der Waals surface area contributed by atoms with E-state index in [0.717, 1.165) is 12.8 Å². The Morgan fingerprint density at radius 3 is 2.27 bits per heavy atom. The Kier molecular flexibility index (Phi) is 4.69. The van der Waals surface area contributed by atoms with Crippen molar-refractivity contribution in [2.24, 2.45) is 0 Å². The second-order valence-electron chi connectivity index (χ2n) is 4.03. The van der Waals surface area contributed by atoms with Crippen molar-refractivity contribution in [2.75, 3.05) is 0 Å². The van der Waals surface area contributed by atoms with E-state index >= 15 is 0 Å². The van der Waals surface area contributed by atoms with Crippen molar-refractivity contribution in [3.05, 3.63) is 12.2 Å². The van der Waals surface area contributed by atoms with Gasteiger partial charge in [-0.3, -0.25) is 0 Å². The third-order valence-corrected chi connectivity index (χ3v) is 3.63. The normalized spacial score (nSPS) is 15.7. The minimum absolute atomic E-state index is 0.172. The number of rotatable bonds is 4. The molecule has 2 heteroatoms. The number of unbranched alkanes of at least 4 members (excludes halogenated alkanes) is 1. The molecule has 0 bridgehead atoms. The van der Waals surface area contributed by atoms with Gasteiger partial charge in [-0.25, -0.2) is 0 Å². The highest BCUT2D eigenvalue weighted by molar-refractivity contribution is 6.77.